The van der Waals surface area contributed by atoms with Crippen LogP contribution in [-0.4, -0.2) is 18.2 Å². The predicted molar refractivity (Wildman–Crippen MR) is 58.6 cm³/mol. The van der Waals surface area contributed by atoms with Crippen LogP contribution in [0.15, 0.2) is 30.3 Å². The van der Waals surface area contributed by atoms with E-state index in [0.29, 0.717) is 5.56 Å². The van der Waals surface area contributed by atoms with Gasteiger partial charge in [-0.05, 0) is 12.1 Å². The Bertz CT molecular complexity index is 407. The number of nitriles is 1. The summed E-state index contributed by atoms with van der Waals surface area (Å²) in [5, 5.41) is 10.8. The topological polar surface area (TPSA) is 70.0 Å². The zero-order valence-electron chi connectivity index (χ0n) is 8.77. The zero-order chi connectivity index (χ0) is 11.8. The fraction of sp³-hybridized carbons (Fsp3) is 0.250. The quantitative estimate of drug-likeness (QED) is 0.806. The highest BCUT2D eigenvalue weighted by Gasteiger charge is 2.06. The van der Waals surface area contributed by atoms with Crippen molar-refractivity contribution in [2.45, 2.75) is 12.8 Å². The van der Waals surface area contributed by atoms with Crippen molar-refractivity contribution in [1.29, 1.82) is 5.26 Å². The molecule has 0 saturated carbocycles. The number of hydrogen-bond donors (Lipinski definition) is 1. The van der Waals surface area contributed by atoms with Crippen LogP contribution in [0.2, 0.25) is 0 Å². The summed E-state index contributed by atoms with van der Waals surface area (Å²) >= 11 is 0. The van der Waals surface area contributed by atoms with E-state index in [2.05, 4.69) is 5.32 Å². The molecule has 16 heavy (non-hydrogen) atoms. The standard InChI is InChI=1S/C12H12N2O2/c13-8-4-7-11(15)9-14-12(16)10-5-2-1-3-6-10/h1-3,5-6H,4,7,9H2,(H,14,16). The molecule has 0 saturated heterocycles. The molecule has 0 fully saturated rings. The minimum absolute atomic E-state index is 0.0184. The molecule has 0 unspecified atom stereocenters. The van der Waals surface area contributed by atoms with Crippen LogP contribution in [0.4, 0.5) is 0 Å². The molecule has 1 rings (SSSR count). The van der Waals surface area contributed by atoms with Crippen molar-refractivity contribution in [2.24, 2.45) is 0 Å². The number of carbonyl (C=O) groups excluding carboxylic acids is 2. The van der Waals surface area contributed by atoms with Gasteiger partial charge in [-0.2, -0.15) is 5.26 Å². The van der Waals surface area contributed by atoms with E-state index in [4.69, 9.17) is 5.26 Å². The van der Waals surface area contributed by atoms with Gasteiger partial charge < -0.3 is 5.32 Å². The highest BCUT2D eigenvalue weighted by molar-refractivity contribution is 5.96. The van der Waals surface area contributed by atoms with Gasteiger partial charge in [-0.1, -0.05) is 18.2 Å². The number of amides is 1. The molecule has 0 spiro atoms. The van der Waals surface area contributed by atoms with Crippen LogP contribution in [0.25, 0.3) is 0 Å². The maximum atomic E-state index is 11.5. The van der Waals surface area contributed by atoms with Crippen LogP contribution in [0.1, 0.15) is 23.2 Å². The average Bonchev–Trinajstić information content (AvgIpc) is 2.34. The third kappa shape index (κ3) is 3.93. The van der Waals surface area contributed by atoms with Crippen LogP contribution >= 0.6 is 0 Å². The van der Waals surface area contributed by atoms with Gasteiger partial charge in [0, 0.05) is 18.4 Å². The Morgan fingerprint density at radius 2 is 1.94 bits per heavy atom. The SMILES string of the molecule is N#CCCC(=O)CNC(=O)c1ccccc1. The van der Waals surface area contributed by atoms with Gasteiger partial charge in [-0.25, -0.2) is 0 Å². The Morgan fingerprint density at radius 1 is 1.25 bits per heavy atom. The van der Waals surface area contributed by atoms with E-state index >= 15 is 0 Å². The smallest absolute Gasteiger partial charge is 0.251 e. The summed E-state index contributed by atoms with van der Waals surface area (Å²) in [6.45, 7) is -0.0184. The van der Waals surface area contributed by atoms with E-state index in [1.807, 2.05) is 12.1 Å². The number of hydrogen-bond acceptors (Lipinski definition) is 3. The van der Waals surface area contributed by atoms with Gasteiger partial charge in [-0.15, -0.1) is 0 Å². The maximum Gasteiger partial charge on any atom is 0.251 e. The van der Waals surface area contributed by atoms with Gasteiger partial charge in [0.05, 0.1) is 12.6 Å². The summed E-state index contributed by atoms with van der Waals surface area (Å²) in [6, 6.07) is 10.6. The van der Waals surface area contributed by atoms with Crippen LogP contribution in [0.3, 0.4) is 0 Å². The van der Waals surface area contributed by atoms with Crippen LogP contribution in [0, 0.1) is 11.3 Å². The molecule has 1 aromatic carbocycles. The first-order valence-corrected chi connectivity index (χ1v) is 4.96. The molecule has 4 nitrogen and oxygen atoms in total. The lowest BCUT2D eigenvalue weighted by Gasteiger charge is -2.03. The fourth-order valence-corrected chi connectivity index (χ4v) is 1.15. The Hall–Kier alpha value is -2.15. The van der Waals surface area contributed by atoms with Gasteiger partial charge in [0.25, 0.3) is 5.91 Å². The minimum atomic E-state index is -0.272. The Labute approximate surface area is 93.9 Å². The number of ketones is 1. The molecule has 1 N–H and O–H groups in total. The van der Waals surface area contributed by atoms with E-state index in [9.17, 15) is 9.59 Å². The first-order chi connectivity index (χ1) is 7.74. The molecule has 0 aliphatic carbocycles. The van der Waals surface area contributed by atoms with Crippen molar-refractivity contribution >= 4 is 11.7 Å². The molecule has 0 radical (unpaired) electrons. The van der Waals surface area contributed by atoms with Gasteiger partial charge in [0.2, 0.25) is 0 Å². The molecular weight excluding hydrogens is 204 g/mol. The molecule has 1 aromatic rings. The maximum absolute atomic E-state index is 11.5. The Kier molecular flexibility index (Phi) is 4.74. The monoisotopic (exact) mass is 216 g/mol. The summed E-state index contributed by atoms with van der Waals surface area (Å²) in [6.07, 6.45) is 0.381. The Morgan fingerprint density at radius 3 is 2.56 bits per heavy atom. The first kappa shape index (κ1) is 11.9. The number of rotatable bonds is 5. The fourth-order valence-electron chi connectivity index (χ4n) is 1.15. The van der Waals surface area contributed by atoms with E-state index in [1.165, 1.54) is 0 Å². The average molecular weight is 216 g/mol. The minimum Gasteiger partial charge on any atom is -0.345 e. The second kappa shape index (κ2) is 6.36. The van der Waals surface area contributed by atoms with Crippen molar-refractivity contribution in [3.05, 3.63) is 35.9 Å². The highest BCUT2D eigenvalue weighted by Crippen LogP contribution is 1.97. The van der Waals surface area contributed by atoms with Gasteiger partial charge in [0.1, 0.15) is 0 Å². The first-order valence-electron chi connectivity index (χ1n) is 4.96. The molecule has 4 heteroatoms. The number of nitrogens with one attached hydrogen (secondary N) is 1. The lowest BCUT2D eigenvalue weighted by molar-refractivity contribution is -0.118. The number of Topliss-reactive ketones (excluding diaryl/α,β-unsaturated/α-hetero) is 1. The second-order valence-corrected chi connectivity index (χ2v) is 3.25. The third-order valence-electron chi connectivity index (χ3n) is 2.00. The van der Waals surface area contributed by atoms with E-state index in [1.54, 1.807) is 24.3 Å². The molecule has 0 atom stereocenters. The molecule has 0 aliphatic rings. The third-order valence-corrected chi connectivity index (χ3v) is 2.00. The molecule has 0 bridgehead atoms. The predicted octanol–water partition coefficient (Wildman–Crippen LogP) is 1.29. The van der Waals surface area contributed by atoms with Crippen molar-refractivity contribution < 1.29 is 9.59 Å². The van der Waals surface area contributed by atoms with Gasteiger partial charge in [-0.3, -0.25) is 9.59 Å². The van der Waals surface area contributed by atoms with E-state index in [-0.39, 0.29) is 31.1 Å². The highest BCUT2D eigenvalue weighted by atomic mass is 16.2. The van der Waals surface area contributed by atoms with Crippen molar-refractivity contribution in [2.75, 3.05) is 6.54 Å². The molecule has 0 heterocycles. The molecule has 1 amide bonds. The lowest BCUT2D eigenvalue weighted by Crippen LogP contribution is -2.29. The van der Waals surface area contributed by atoms with Gasteiger partial charge in [0.15, 0.2) is 5.78 Å². The molecular formula is C12H12N2O2. The second-order valence-electron chi connectivity index (χ2n) is 3.25. The summed E-state index contributed by atoms with van der Waals surface area (Å²) in [5.41, 5.74) is 0.524. The van der Waals surface area contributed by atoms with Crippen LogP contribution in [-0.2, 0) is 4.79 Å². The number of carbonyl (C=O) groups is 2. The van der Waals surface area contributed by atoms with E-state index in [0.717, 1.165) is 0 Å². The van der Waals surface area contributed by atoms with Crippen LogP contribution < -0.4 is 5.32 Å². The summed E-state index contributed by atoms with van der Waals surface area (Å²) in [4.78, 5) is 22.7. The van der Waals surface area contributed by atoms with Crippen molar-refractivity contribution in [3.8, 4) is 6.07 Å². The van der Waals surface area contributed by atoms with Gasteiger partial charge >= 0.3 is 0 Å². The van der Waals surface area contributed by atoms with E-state index < -0.39 is 0 Å². The molecule has 82 valence electrons. The van der Waals surface area contributed by atoms with Crippen molar-refractivity contribution in [3.63, 3.8) is 0 Å². The summed E-state index contributed by atoms with van der Waals surface area (Å²) in [5.74, 6) is -0.406. The largest absolute Gasteiger partial charge is 0.345 e. The Balaban J connectivity index is 2.37. The normalized spacial score (nSPS) is 9.19. The van der Waals surface area contributed by atoms with Crippen molar-refractivity contribution in [1.82, 2.24) is 5.32 Å². The number of nitrogens with zero attached hydrogens (tertiary/aromatic N) is 1. The molecule has 0 aromatic heterocycles. The molecule has 0 aliphatic heterocycles. The van der Waals surface area contributed by atoms with Crippen LogP contribution in [0.5, 0.6) is 0 Å². The zero-order valence-corrected chi connectivity index (χ0v) is 8.77. The summed E-state index contributed by atoms with van der Waals surface area (Å²) < 4.78 is 0. The lowest BCUT2D eigenvalue weighted by atomic mass is 10.2. The number of benzene rings is 1. The summed E-state index contributed by atoms with van der Waals surface area (Å²) in [7, 11) is 0.